The first-order chi connectivity index (χ1) is 13.0. The van der Waals surface area contributed by atoms with Gasteiger partial charge >= 0.3 is 0 Å². The number of halogens is 1. The average molecular weight is 387 g/mol. The van der Waals surface area contributed by atoms with Crippen LogP contribution in [0.25, 0.3) is 11.0 Å². The van der Waals surface area contributed by atoms with Crippen LogP contribution in [0.1, 0.15) is 43.3 Å². The number of carbonyl (C=O) groups is 2. The highest BCUT2D eigenvalue weighted by molar-refractivity contribution is 6.35. The van der Waals surface area contributed by atoms with Crippen LogP contribution in [0.5, 0.6) is 0 Å². The van der Waals surface area contributed by atoms with Gasteiger partial charge in [-0.15, -0.1) is 0 Å². The molecule has 0 fully saturated rings. The molecule has 1 aromatic heterocycles. The third-order valence-corrected chi connectivity index (χ3v) is 4.17. The molecule has 0 bridgehead atoms. The number of nitrogens with two attached hydrogens (primary N) is 1. The van der Waals surface area contributed by atoms with Crippen molar-refractivity contribution in [2.24, 2.45) is 0 Å². The minimum atomic E-state index is -0.376. The lowest BCUT2D eigenvalue weighted by molar-refractivity contribution is -0.107. The van der Waals surface area contributed by atoms with E-state index in [0.717, 1.165) is 6.41 Å². The number of fused-ring (bicyclic) bond motifs is 1. The summed E-state index contributed by atoms with van der Waals surface area (Å²) >= 11 is 6.08. The molecule has 0 saturated heterocycles. The molecule has 0 unspecified atom stereocenters. The van der Waals surface area contributed by atoms with E-state index in [1.165, 1.54) is 11.3 Å². The van der Waals surface area contributed by atoms with Crippen molar-refractivity contribution in [3.63, 3.8) is 0 Å². The number of nitrogens with zero attached hydrogens (tertiary/aromatic N) is 1. The molecule has 0 spiro atoms. The Hall–Kier alpha value is -2.79. The fourth-order valence-corrected chi connectivity index (χ4v) is 2.76. The monoisotopic (exact) mass is 386 g/mol. The predicted molar refractivity (Wildman–Crippen MR) is 111 cm³/mol. The van der Waals surface area contributed by atoms with Gasteiger partial charge in [0.05, 0.1) is 10.7 Å². The van der Waals surface area contributed by atoms with Gasteiger partial charge in [-0.2, -0.15) is 0 Å². The van der Waals surface area contributed by atoms with E-state index in [1.807, 2.05) is 6.92 Å². The van der Waals surface area contributed by atoms with Crippen LogP contribution in [-0.2, 0) is 4.79 Å². The standard InChI is InChI=1S/C18H15ClN2O3.C3H8/c1-2-21(10-22)11-7-8-13-15(9-11)24-18(16(13)20)17(23)12-5-3-4-6-14(12)19;1-3-2/h3-10H,2,20H2,1H3;3H2,1-2H3. The lowest BCUT2D eigenvalue weighted by Gasteiger charge is -2.14. The number of rotatable bonds is 5. The number of furan rings is 1. The Morgan fingerprint density at radius 3 is 2.44 bits per heavy atom. The van der Waals surface area contributed by atoms with E-state index in [1.54, 1.807) is 42.5 Å². The molecule has 2 N–H and O–H groups in total. The van der Waals surface area contributed by atoms with E-state index in [9.17, 15) is 9.59 Å². The van der Waals surface area contributed by atoms with Crippen molar-refractivity contribution in [2.45, 2.75) is 27.2 Å². The molecule has 0 aliphatic heterocycles. The smallest absolute Gasteiger partial charge is 0.231 e. The third kappa shape index (κ3) is 4.31. The van der Waals surface area contributed by atoms with Crippen LogP contribution in [0.4, 0.5) is 11.4 Å². The lowest BCUT2D eigenvalue weighted by Crippen LogP contribution is -2.19. The second-order valence-corrected chi connectivity index (χ2v) is 6.34. The summed E-state index contributed by atoms with van der Waals surface area (Å²) in [5, 5.41) is 0.956. The molecule has 3 aromatic rings. The topological polar surface area (TPSA) is 76.5 Å². The molecule has 0 saturated carbocycles. The molecule has 1 heterocycles. The number of amides is 1. The second kappa shape index (κ2) is 9.24. The maximum Gasteiger partial charge on any atom is 0.231 e. The molecule has 3 rings (SSSR count). The number of benzene rings is 2. The predicted octanol–water partition coefficient (Wildman–Crippen LogP) is 5.30. The Labute approximate surface area is 163 Å². The van der Waals surface area contributed by atoms with E-state index < -0.39 is 0 Å². The molecule has 0 aliphatic carbocycles. The van der Waals surface area contributed by atoms with Gasteiger partial charge in [-0.3, -0.25) is 9.59 Å². The molecule has 0 radical (unpaired) electrons. The van der Waals surface area contributed by atoms with Gasteiger partial charge in [-0.25, -0.2) is 0 Å². The molecular weight excluding hydrogens is 364 g/mol. The van der Waals surface area contributed by atoms with Crippen LogP contribution < -0.4 is 10.6 Å². The summed E-state index contributed by atoms with van der Waals surface area (Å²) < 4.78 is 5.67. The third-order valence-electron chi connectivity index (χ3n) is 3.84. The molecule has 142 valence electrons. The van der Waals surface area contributed by atoms with Gasteiger partial charge in [-0.05, 0) is 31.2 Å². The Kier molecular flexibility index (Phi) is 7.02. The summed E-state index contributed by atoms with van der Waals surface area (Å²) in [7, 11) is 0. The Morgan fingerprint density at radius 1 is 1.19 bits per heavy atom. The van der Waals surface area contributed by atoms with E-state index in [4.69, 9.17) is 21.8 Å². The van der Waals surface area contributed by atoms with Crippen molar-refractivity contribution in [1.29, 1.82) is 0 Å². The van der Waals surface area contributed by atoms with Crippen LogP contribution in [0.2, 0.25) is 5.02 Å². The highest BCUT2D eigenvalue weighted by Gasteiger charge is 2.22. The van der Waals surface area contributed by atoms with Gasteiger partial charge in [0.15, 0.2) is 5.76 Å². The summed E-state index contributed by atoms with van der Waals surface area (Å²) in [4.78, 5) is 25.3. The van der Waals surface area contributed by atoms with E-state index in [-0.39, 0.29) is 17.2 Å². The number of hydrogen-bond donors (Lipinski definition) is 1. The number of nitrogen functional groups attached to an aromatic ring is 1. The Balaban J connectivity index is 0.000000817. The first-order valence-electron chi connectivity index (χ1n) is 8.81. The highest BCUT2D eigenvalue weighted by atomic mass is 35.5. The van der Waals surface area contributed by atoms with Crippen molar-refractivity contribution in [3.8, 4) is 0 Å². The van der Waals surface area contributed by atoms with Crippen LogP contribution in [0.3, 0.4) is 0 Å². The number of ketones is 1. The van der Waals surface area contributed by atoms with E-state index >= 15 is 0 Å². The second-order valence-electron chi connectivity index (χ2n) is 5.93. The van der Waals surface area contributed by atoms with Crippen molar-refractivity contribution in [1.82, 2.24) is 0 Å². The molecular formula is C21H23ClN2O3. The average Bonchev–Trinajstić information content (AvgIpc) is 2.99. The van der Waals surface area contributed by atoms with Crippen LogP contribution in [0, 0.1) is 0 Å². The molecule has 5 nitrogen and oxygen atoms in total. The molecule has 1 amide bonds. The normalized spacial score (nSPS) is 10.2. The maximum absolute atomic E-state index is 12.7. The first kappa shape index (κ1) is 20.5. The van der Waals surface area contributed by atoms with Crippen LogP contribution >= 0.6 is 11.6 Å². The van der Waals surface area contributed by atoms with E-state index in [2.05, 4.69) is 13.8 Å². The largest absolute Gasteiger partial charge is 0.450 e. The zero-order valence-corrected chi connectivity index (χ0v) is 16.4. The minimum Gasteiger partial charge on any atom is -0.450 e. The molecule has 0 aliphatic rings. The fraction of sp³-hybridized carbons (Fsp3) is 0.238. The lowest BCUT2D eigenvalue weighted by atomic mass is 10.1. The van der Waals surface area contributed by atoms with Crippen molar-refractivity contribution in [2.75, 3.05) is 17.2 Å². The summed E-state index contributed by atoms with van der Waals surface area (Å²) in [5.41, 5.74) is 7.78. The van der Waals surface area contributed by atoms with Crippen molar-refractivity contribution < 1.29 is 14.0 Å². The Morgan fingerprint density at radius 2 is 1.85 bits per heavy atom. The molecule has 0 atom stereocenters. The van der Waals surface area contributed by atoms with Gasteiger partial charge in [0.2, 0.25) is 12.2 Å². The zero-order chi connectivity index (χ0) is 20.0. The fourth-order valence-electron chi connectivity index (χ4n) is 2.54. The van der Waals surface area contributed by atoms with Crippen LogP contribution in [-0.4, -0.2) is 18.7 Å². The molecule has 27 heavy (non-hydrogen) atoms. The van der Waals surface area contributed by atoms with Gasteiger partial charge in [0.25, 0.3) is 0 Å². The van der Waals surface area contributed by atoms with Crippen LogP contribution in [0.15, 0.2) is 46.9 Å². The number of carbonyl (C=O) groups excluding carboxylic acids is 2. The minimum absolute atomic E-state index is 0.0457. The SMILES string of the molecule is CCC.CCN(C=O)c1ccc2c(N)c(C(=O)c3ccccc3Cl)oc2c1. The van der Waals surface area contributed by atoms with Gasteiger partial charge in [0, 0.05) is 29.2 Å². The number of hydrogen-bond acceptors (Lipinski definition) is 4. The highest BCUT2D eigenvalue weighted by Crippen LogP contribution is 2.33. The number of anilines is 2. The summed E-state index contributed by atoms with van der Waals surface area (Å²) in [5.74, 6) is -0.331. The van der Waals surface area contributed by atoms with Crippen molar-refractivity contribution >= 4 is 46.1 Å². The van der Waals surface area contributed by atoms with Gasteiger partial charge < -0.3 is 15.1 Å². The van der Waals surface area contributed by atoms with Crippen molar-refractivity contribution in [3.05, 3.63) is 58.8 Å². The first-order valence-corrected chi connectivity index (χ1v) is 9.19. The quantitative estimate of drug-likeness (QED) is 0.477. The maximum atomic E-state index is 12.7. The molecule has 6 heteroatoms. The summed E-state index contributed by atoms with van der Waals surface area (Å²) in [6, 6.07) is 11.9. The summed E-state index contributed by atoms with van der Waals surface area (Å²) in [6.45, 7) is 6.64. The van der Waals surface area contributed by atoms with E-state index in [0.29, 0.717) is 33.8 Å². The van der Waals surface area contributed by atoms with Gasteiger partial charge in [-0.1, -0.05) is 44.0 Å². The zero-order valence-electron chi connectivity index (χ0n) is 15.7. The van der Waals surface area contributed by atoms with Gasteiger partial charge in [0.1, 0.15) is 5.58 Å². The Bertz CT molecular complexity index is 950. The molecule has 2 aromatic carbocycles. The summed E-state index contributed by atoms with van der Waals surface area (Å²) in [6.07, 6.45) is 1.99.